The van der Waals surface area contributed by atoms with Crippen molar-refractivity contribution in [3.8, 4) is 0 Å². The first kappa shape index (κ1) is 21.9. The summed E-state index contributed by atoms with van der Waals surface area (Å²) < 4.78 is 17.4. The smallest absolute Gasteiger partial charge is 0.287 e. The second-order valence-electron chi connectivity index (χ2n) is 8.32. The number of para-hydroxylation sites is 1. The van der Waals surface area contributed by atoms with E-state index in [4.69, 9.17) is 25.5 Å². The summed E-state index contributed by atoms with van der Waals surface area (Å²) in [5.74, 6) is 0.0692. The minimum absolute atomic E-state index is 0.0512. The van der Waals surface area contributed by atoms with Gasteiger partial charge in [0.25, 0.3) is 5.91 Å². The van der Waals surface area contributed by atoms with E-state index >= 15 is 0 Å². The summed E-state index contributed by atoms with van der Waals surface area (Å²) >= 11 is 6.54. The number of nitrogens with one attached hydrogen (secondary N) is 1. The first-order chi connectivity index (χ1) is 15.0. The number of furan rings is 1. The van der Waals surface area contributed by atoms with Gasteiger partial charge in [-0.15, -0.1) is 0 Å². The topological polar surface area (TPSA) is 60.7 Å². The second-order valence-corrected chi connectivity index (χ2v) is 8.73. The van der Waals surface area contributed by atoms with Gasteiger partial charge in [-0.3, -0.25) is 4.79 Å². The normalized spacial score (nSPS) is 16.0. The maximum Gasteiger partial charge on any atom is 0.287 e. The predicted molar refractivity (Wildman–Crippen MR) is 122 cm³/mol. The van der Waals surface area contributed by atoms with Crippen LogP contribution in [0.2, 0.25) is 5.02 Å². The molecule has 1 aliphatic rings. The van der Waals surface area contributed by atoms with Crippen molar-refractivity contribution in [3.05, 3.63) is 70.4 Å². The fourth-order valence-electron chi connectivity index (χ4n) is 4.20. The summed E-state index contributed by atoms with van der Waals surface area (Å²) in [6.45, 7) is 6.00. The number of rotatable bonds is 7. The minimum Gasteiger partial charge on any atom is -0.451 e. The van der Waals surface area contributed by atoms with Gasteiger partial charge in [-0.2, -0.15) is 0 Å². The standard InChI is InChI=1S/C25H28ClNO4/c1-17(2)30-15-19-18-7-3-6-10-22(18)31-23(19)24(28)27-16-25(11-13-29-14-12-25)20-8-4-5-9-21(20)26/h3-10,17H,11-16H2,1-2H3,(H,27,28). The number of fused-ring (bicyclic) bond motifs is 1. The van der Waals surface area contributed by atoms with Crippen LogP contribution in [0.25, 0.3) is 11.0 Å². The lowest BCUT2D eigenvalue weighted by atomic mass is 9.74. The van der Waals surface area contributed by atoms with Crippen molar-refractivity contribution < 1.29 is 18.7 Å². The molecular formula is C25H28ClNO4. The molecule has 1 aromatic heterocycles. The summed E-state index contributed by atoms with van der Waals surface area (Å²) in [6, 6.07) is 15.5. The maximum absolute atomic E-state index is 13.3. The number of carbonyl (C=O) groups is 1. The zero-order valence-electron chi connectivity index (χ0n) is 17.9. The van der Waals surface area contributed by atoms with E-state index in [1.807, 2.05) is 62.4 Å². The van der Waals surface area contributed by atoms with Gasteiger partial charge >= 0.3 is 0 Å². The number of hydrogen-bond donors (Lipinski definition) is 1. The Hall–Kier alpha value is -2.34. The monoisotopic (exact) mass is 441 g/mol. The summed E-state index contributed by atoms with van der Waals surface area (Å²) in [5.41, 5.74) is 2.24. The van der Waals surface area contributed by atoms with Crippen molar-refractivity contribution in [2.24, 2.45) is 0 Å². The Labute approximate surface area is 187 Å². The third-order valence-electron chi connectivity index (χ3n) is 5.95. The molecule has 1 saturated heterocycles. The van der Waals surface area contributed by atoms with Crippen LogP contribution in [-0.4, -0.2) is 31.8 Å². The molecule has 2 aromatic carbocycles. The molecule has 0 atom stereocenters. The van der Waals surface area contributed by atoms with Gasteiger partial charge < -0.3 is 19.2 Å². The Kier molecular flexibility index (Phi) is 6.65. The lowest BCUT2D eigenvalue weighted by Gasteiger charge is -2.38. The molecule has 5 nitrogen and oxygen atoms in total. The summed E-state index contributed by atoms with van der Waals surface area (Å²) in [4.78, 5) is 13.3. The van der Waals surface area contributed by atoms with Gasteiger partial charge in [0.2, 0.25) is 0 Å². The van der Waals surface area contributed by atoms with Crippen LogP contribution in [0.1, 0.15) is 48.4 Å². The maximum atomic E-state index is 13.3. The van der Waals surface area contributed by atoms with Gasteiger partial charge in [-0.25, -0.2) is 0 Å². The van der Waals surface area contributed by atoms with Gasteiger partial charge in [0.05, 0.1) is 12.7 Å². The molecule has 2 heterocycles. The number of amides is 1. The molecule has 31 heavy (non-hydrogen) atoms. The number of carbonyl (C=O) groups excluding carboxylic acids is 1. The molecular weight excluding hydrogens is 414 g/mol. The Morgan fingerprint density at radius 1 is 1.13 bits per heavy atom. The molecule has 0 bridgehead atoms. The Morgan fingerprint density at radius 2 is 1.84 bits per heavy atom. The fourth-order valence-corrected chi connectivity index (χ4v) is 4.54. The van der Waals surface area contributed by atoms with Crippen molar-refractivity contribution >= 4 is 28.5 Å². The molecule has 4 rings (SSSR count). The molecule has 3 aromatic rings. The lowest BCUT2D eigenvalue weighted by molar-refractivity contribution is 0.0482. The van der Waals surface area contributed by atoms with E-state index in [0.29, 0.717) is 42.7 Å². The Bertz CT molecular complexity index is 1050. The minimum atomic E-state index is -0.271. The predicted octanol–water partition coefficient (Wildman–Crippen LogP) is 5.49. The average molecular weight is 442 g/mol. The molecule has 1 aliphatic heterocycles. The molecule has 1 fully saturated rings. The Morgan fingerprint density at radius 3 is 2.58 bits per heavy atom. The fraction of sp³-hybridized carbons (Fsp3) is 0.400. The summed E-state index contributed by atoms with van der Waals surface area (Å²) in [6.07, 6.45) is 1.64. The SMILES string of the molecule is CC(C)OCc1c(C(=O)NCC2(c3ccccc3Cl)CCOCC2)oc2ccccc12. The van der Waals surface area contributed by atoms with Gasteiger partial charge in [0.15, 0.2) is 5.76 Å². The molecule has 0 aliphatic carbocycles. The first-order valence-electron chi connectivity index (χ1n) is 10.7. The van der Waals surface area contributed by atoms with Gasteiger partial charge in [-0.05, 0) is 44.4 Å². The zero-order chi connectivity index (χ0) is 21.8. The third-order valence-corrected chi connectivity index (χ3v) is 6.28. The lowest BCUT2D eigenvalue weighted by Crippen LogP contribution is -2.44. The summed E-state index contributed by atoms with van der Waals surface area (Å²) in [5, 5.41) is 4.74. The third kappa shape index (κ3) is 4.64. The van der Waals surface area contributed by atoms with E-state index < -0.39 is 0 Å². The number of ether oxygens (including phenoxy) is 2. The van der Waals surface area contributed by atoms with E-state index in [9.17, 15) is 4.79 Å². The second kappa shape index (κ2) is 9.43. The van der Waals surface area contributed by atoms with E-state index in [-0.39, 0.29) is 17.4 Å². The zero-order valence-corrected chi connectivity index (χ0v) is 18.7. The molecule has 0 radical (unpaired) electrons. The van der Waals surface area contributed by atoms with Crippen molar-refractivity contribution in [2.45, 2.75) is 44.8 Å². The van der Waals surface area contributed by atoms with Crippen LogP contribution in [0.3, 0.4) is 0 Å². The van der Waals surface area contributed by atoms with Gasteiger partial charge in [0, 0.05) is 41.1 Å². The quantitative estimate of drug-likeness (QED) is 0.526. The first-order valence-corrected chi connectivity index (χ1v) is 11.1. The molecule has 1 amide bonds. The number of halogens is 1. The number of benzene rings is 2. The molecule has 164 valence electrons. The van der Waals surface area contributed by atoms with Crippen molar-refractivity contribution in [2.75, 3.05) is 19.8 Å². The van der Waals surface area contributed by atoms with E-state index in [2.05, 4.69) is 5.32 Å². The molecule has 0 saturated carbocycles. The highest BCUT2D eigenvalue weighted by Gasteiger charge is 2.37. The van der Waals surface area contributed by atoms with Crippen LogP contribution in [0.15, 0.2) is 52.9 Å². The van der Waals surface area contributed by atoms with Crippen molar-refractivity contribution in [1.82, 2.24) is 5.32 Å². The molecule has 0 spiro atoms. The van der Waals surface area contributed by atoms with Crippen LogP contribution in [0.4, 0.5) is 0 Å². The summed E-state index contributed by atoms with van der Waals surface area (Å²) in [7, 11) is 0. The van der Waals surface area contributed by atoms with Crippen LogP contribution in [0, 0.1) is 0 Å². The highest BCUT2D eigenvalue weighted by molar-refractivity contribution is 6.31. The number of hydrogen-bond acceptors (Lipinski definition) is 4. The Balaban J connectivity index is 1.61. The van der Waals surface area contributed by atoms with Gasteiger partial charge in [0.1, 0.15) is 5.58 Å². The van der Waals surface area contributed by atoms with Crippen LogP contribution in [-0.2, 0) is 21.5 Å². The molecule has 6 heteroatoms. The largest absolute Gasteiger partial charge is 0.451 e. The average Bonchev–Trinajstić information content (AvgIpc) is 3.15. The van der Waals surface area contributed by atoms with Gasteiger partial charge in [-0.1, -0.05) is 48.0 Å². The van der Waals surface area contributed by atoms with Crippen molar-refractivity contribution in [1.29, 1.82) is 0 Å². The van der Waals surface area contributed by atoms with E-state index in [1.54, 1.807) is 0 Å². The van der Waals surface area contributed by atoms with E-state index in [0.717, 1.165) is 29.4 Å². The highest BCUT2D eigenvalue weighted by Crippen LogP contribution is 2.38. The van der Waals surface area contributed by atoms with E-state index in [1.165, 1.54) is 0 Å². The molecule has 1 N–H and O–H groups in total. The van der Waals surface area contributed by atoms with Crippen LogP contribution >= 0.6 is 11.6 Å². The van der Waals surface area contributed by atoms with Crippen LogP contribution < -0.4 is 5.32 Å². The van der Waals surface area contributed by atoms with Crippen LogP contribution in [0.5, 0.6) is 0 Å². The highest BCUT2D eigenvalue weighted by atomic mass is 35.5. The molecule has 0 unspecified atom stereocenters. The van der Waals surface area contributed by atoms with Crippen molar-refractivity contribution in [3.63, 3.8) is 0 Å².